The van der Waals surface area contributed by atoms with Gasteiger partial charge in [0, 0.05) is 0 Å². The van der Waals surface area contributed by atoms with E-state index in [0.29, 0.717) is 5.76 Å². The number of nitrogens with two attached hydrogens (primary N) is 1. The Morgan fingerprint density at radius 2 is 2.10 bits per heavy atom. The molecule has 0 radical (unpaired) electrons. The summed E-state index contributed by atoms with van der Waals surface area (Å²) in [5, 5.41) is 0. The molecule has 0 amide bonds. The number of carbonyl (C=O) groups excluding carboxylic acids is 1. The van der Waals surface area contributed by atoms with Crippen LogP contribution in [0.1, 0.15) is 13.8 Å². The number of ether oxygens (including phenoxy) is 1. The quantitative estimate of drug-likeness (QED) is 0.487. The van der Waals surface area contributed by atoms with Crippen molar-refractivity contribution in [3.63, 3.8) is 0 Å². The fourth-order valence-corrected chi connectivity index (χ4v) is 0.265. The van der Waals surface area contributed by atoms with Gasteiger partial charge in [-0.3, -0.25) is 0 Å². The Morgan fingerprint density at radius 3 is 2.20 bits per heavy atom. The molecule has 0 fully saturated rings. The standard InChI is InChI=1S/C6H11NO2.ClH/c1-4(2)9-6(8)5(3)7;/h5H,1,7H2,2-3H3;1H/t5-;/m0./s1. The largest absolute Gasteiger partial charge is 0.431 e. The fraction of sp³-hybridized carbons (Fsp3) is 0.500. The molecule has 3 nitrogen and oxygen atoms in total. The van der Waals surface area contributed by atoms with Crippen LogP contribution in [0.5, 0.6) is 0 Å². The van der Waals surface area contributed by atoms with Crippen molar-refractivity contribution in [2.45, 2.75) is 19.9 Å². The monoisotopic (exact) mass is 165 g/mol. The zero-order valence-corrected chi connectivity index (χ0v) is 6.90. The van der Waals surface area contributed by atoms with Crippen molar-refractivity contribution in [3.05, 3.63) is 12.3 Å². The number of esters is 1. The van der Waals surface area contributed by atoms with Crippen LogP contribution in [-0.2, 0) is 9.53 Å². The highest BCUT2D eigenvalue weighted by atomic mass is 35.5. The van der Waals surface area contributed by atoms with Crippen LogP contribution in [0, 0.1) is 0 Å². The van der Waals surface area contributed by atoms with Gasteiger partial charge in [0.2, 0.25) is 0 Å². The van der Waals surface area contributed by atoms with Gasteiger partial charge in [-0.15, -0.1) is 12.4 Å². The van der Waals surface area contributed by atoms with E-state index in [2.05, 4.69) is 11.3 Å². The van der Waals surface area contributed by atoms with Gasteiger partial charge in [-0.1, -0.05) is 6.58 Å². The summed E-state index contributed by atoms with van der Waals surface area (Å²) >= 11 is 0. The molecule has 0 aromatic carbocycles. The first-order valence-electron chi connectivity index (χ1n) is 2.67. The smallest absolute Gasteiger partial charge is 0.327 e. The Kier molecular flexibility index (Phi) is 6.40. The summed E-state index contributed by atoms with van der Waals surface area (Å²) in [5.41, 5.74) is 5.17. The van der Waals surface area contributed by atoms with E-state index in [0.717, 1.165) is 0 Å². The van der Waals surface area contributed by atoms with E-state index in [1.807, 2.05) is 0 Å². The molecule has 0 aliphatic rings. The molecule has 4 heteroatoms. The summed E-state index contributed by atoms with van der Waals surface area (Å²) in [6, 6.07) is -0.568. The summed E-state index contributed by atoms with van der Waals surface area (Å²) in [6.07, 6.45) is 0. The van der Waals surface area contributed by atoms with Crippen LogP contribution in [0.15, 0.2) is 12.3 Å². The first-order chi connectivity index (χ1) is 4.04. The number of halogens is 1. The molecule has 0 aliphatic carbocycles. The van der Waals surface area contributed by atoms with E-state index in [1.54, 1.807) is 13.8 Å². The highest BCUT2D eigenvalue weighted by Crippen LogP contribution is 1.92. The second kappa shape index (κ2) is 5.26. The van der Waals surface area contributed by atoms with Gasteiger partial charge in [-0.2, -0.15) is 0 Å². The minimum absolute atomic E-state index is 0. The first-order valence-corrected chi connectivity index (χ1v) is 2.67. The molecule has 0 saturated heterocycles. The summed E-state index contributed by atoms with van der Waals surface area (Å²) in [5.74, 6) is -0.0696. The van der Waals surface area contributed by atoms with Gasteiger partial charge in [-0.25, -0.2) is 4.79 Å². The van der Waals surface area contributed by atoms with Gasteiger partial charge in [0.15, 0.2) is 0 Å². The van der Waals surface area contributed by atoms with Crippen molar-refractivity contribution in [1.29, 1.82) is 0 Å². The van der Waals surface area contributed by atoms with Crippen LogP contribution in [0.3, 0.4) is 0 Å². The maximum atomic E-state index is 10.5. The molecule has 0 unspecified atom stereocenters. The van der Waals surface area contributed by atoms with Gasteiger partial charge in [0.1, 0.15) is 6.04 Å². The highest BCUT2D eigenvalue weighted by molar-refractivity contribution is 5.85. The Morgan fingerprint density at radius 1 is 1.70 bits per heavy atom. The van der Waals surface area contributed by atoms with Crippen molar-refractivity contribution >= 4 is 18.4 Å². The van der Waals surface area contributed by atoms with Crippen LogP contribution >= 0.6 is 12.4 Å². The Bertz CT molecular complexity index is 134. The SMILES string of the molecule is C=C(C)OC(=O)[C@H](C)N.Cl. The second-order valence-corrected chi connectivity index (χ2v) is 1.91. The Balaban J connectivity index is 0. The third kappa shape index (κ3) is 5.59. The molecule has 0 spiro atoms. The molecule has 0 aromatic rings. The molecule has 60 valence electrons. The summed E-state index contributed by atoms with van der Waals surface area (Å²) in [6.45, 7) is 6.54. The average molecular weight is 166 g/mol. The molecule has 1 atom stereocenters. The van der Waals surface area contributed by atoms with E-state index >= 15 is 0 Å². The molecular formula is C6H12ClNO2. The predicted octanol–water partition coefficient (Wildman–Crippen LogP) is 0.832. The summed E-state index contributed by atoms with van der Waals surface area (Å²) in [7, 11) is 0. The topological polar surface area (TPSA) is 52.3 Å². The van der Waals surface area contributed by atoms with Crippen molar-refractivity contribution in [1.82, 2.24) is 0 Å². The number of allylic oxidation sites excluding steroid dienone is 1. The minimum atomic E-state index is -0.568. The van der Waals surface area contributed by atoms with E-state index in [4.69, 9.17) is 5.73 Å². The molecule has 10 heavy (non-hydrogen) atoms. The molecular weight excluding hydrogens is 154 g/mol. The average Bonchev–Trinajstić information content (AvgIpc) is 1.63. The van der Waals surface area contributed by atoms with Crippen LogP contribution in [0.2, 0.25) is 0 Å². The minimum Gasteiger partial charge on any atom is -0.431 e. The lowest BCUT2D eigenvalue weighted by atomic mass is 10.4. The molecule has 0 aliphatic heterocycles. The third-order valence-corrected chi connectivity index (χ3v) is 0.647. The molecule has 2 N–H and O–H groups in total. The molecule has 0 bridgehead atoms. The van der Waals surface area contributed by atoms with Crippen molar-refractivity contribution in [2.75, 3.05) is 0 Å². The lowest BCUT2D eigenvalue weighted by molar-refractivity contribution is -0.140. The van der Waals surface area contributed by atoms with E-state index in [-0.39, 0.29) is 12.4 Å². The highest BCUT2D eigenvalue weighted by Gasteiger charge is 2.07. The maximum absolute atomic E-state index is 10.5. The summed E-state index contributed by atoms with van der Waals surface area (Å²) < 4.78 is 4.55. The lowest BCUT2D eigenvalue weighted by Gasteiger charge is -2.03. The van der Waals surface area contributed by atoms with Gasteiger partial charge >= 0.3 is 5.97 Å². The predicted molar refractivity (Wildman–Crippen MR) is 41.8 cm³/mol. The fourth-order valence-electron chi connectivity index (χ4n) is 0.265. The zero-order valence-electron chi connectivity index (χ0n) is 6.09. The summed E-state index contributed by atoms with van der Waals surface area (Å²) in [4.78, 5) is 10.5. The van der Waals surface area contributed by atoms with Crippen LogP contribution in [0.4, 0.5) is 0 Å². The third-order valence-electron chi connectivity index (χ3n) is 0.647. The van der Waals surface area contributed by atoms with Gasteiger partial charge in [0.25, 0.3) is 0 Å². The molecule has 0 saturated carbocycles. The van der Waals surface area contributed by atoms with E-state index in [9.17, 15) is 4.79 Å². The van der Waals surface area contributed by atoms with Gasteiger partial charge in [0.05, 0.1) is 5.76 Å². The Hall–Kier alpha value is -0.540. The zero-order chi connectivity index (χ0) is 7.44. The first kappa shape index (κ1) is 12.2. The van der Waals surface area contributed by atoms with Crippen LogP contribution < -0.4 is 5.73 Å². The number of hydrogen-bond acceptors (Lipinski definition) is 3. The molecule has 0 rings (SSSR count). The molecule has 0 aromatic heterocycles. The number of hydrogen-bond donors (Lipinski definition) is 1. The Labute approximate surface area is 66.6 Å². The van der Waals surface area contributed by atoms with Crippen molar-refractivity contribution in [3.8, 4) is 0 Å². The maximum Gasteiger partial charge on any atom is 0.327 e. The van der Waals surface area contributed by atoms with Crippen molar-refractivity contribution < 1.29 is 9.53 Å². The van der Waals surface area contributed by atoms with Crippen LogP contribution in [-0.4, -0.2) is 12.0 Å². The van der Waals surface area contributed by atoms with E-state index in [1.165, 1.54) is 0 Å². The second-order valence-electron chi connectivity index (χ2n) is 1.91. The van der Waals surface area contributed by atoms with Crippen molar-refractivity contribution in [2.24, 2.45) is 5.73 Å². The molecule has 0 heterocycles. The van der Waals surface area contributed by atoms with E-state index < -0.39 is 12.0 Å². The normalized spacial score (nSPS) is 11.1. The lowest BCUT2D eigenvalue weighted by Crippen LogP contribution is -2.28. The van der Waals surface area contributed by atoms with Crippen LogP contribution in [0.25, 0.3) is 0 Å². The van der Waals surface area contributed by atoms with Gasteiger partial charge in [-0.05, 0) is 13.8 Å². The number of carbonyl (C=O) groups is 1. The van der Waals surface area contributed by atoms with Gasteiger partial charge < -0.3 is 10.5 Å². The number of rotatable bonds is 2.